The van der Waals surface area contributed by atoms with Crippen LogP contribution in [0.3, 0.4) is 0 Å². The number of nitrogens with one attached hydrogen (secondary N) is 2. The van der Waals surface area contributed by atoms with Crippen molar-refractivity contribution < 1.29 is 18.5 Å². The lowest BCUT2D eigenvalue weighted by Gasteiger charge is -2.36. The fraction of sp³-hybridized carbons (Fsp3) is 0.643. The Bertz CT molecular complexity index is 1150. The summed E-state index contributed by atoms with van der Waals surface area (Å²) in [5, 5.41) is 6.74. The Labute approximate surface area is 221 Å². The van der Waals surface area contributed by atoms with Crippen LogP contribution >= 0.6 is 0 Å². The minimum absolute atomic E-state index is 0.0565. The third kappa shape index (κ3) is 5.70. The summed E-state index contributed by atoms with van der Waals surface area (Å²) in [7, 11) is 0. The molecule has 2 saturated carbocycles. The van der Waals surface area contributed by atoms with Crippen molar-refractivity contribution in [1.82, 2.24) is 15.0 Å². The average molecular weight is 528 g/mol. The Kier molecular flexibility index (Phi) is 8.26. The topological polar surface area (TPSA) is 134 Å². The van der Waals surface area contributed by atoms with E-state index in [1.54, 1.807) is 24.3 Å². The average Bonchev–Trinajstić information content (AvgIpc) is 3.60. The number of anilines is 1. The van der Waals surface area contributed by atoms with E-state index in [-0.39, 0.29) is 29.6 Å². The number of aromatic amines is 1. The summed E-state index contributed by atoms with van der Waals surface area (Å²) in [6.45, 7) is 0.0681. The predicted octanol–water partition coefficient (Wildman–Crippen LogP) is 3.87. The first-order valence-corrected chi connectivity index (χ1v) is 14.0. The highest BCUT2D eigenvalue weighted by Gasteiger charge is 2.46. The highest BCUT2D eigenvalue weighted by atomic mass is 19.1. The standard InChI is InChI=1S/C28H38FN5O4/c29-16-23(30)18-6-8-20(9-7-18)27(36)34-15-14-22(17-4-2-1-3-5-17)24(34)26(35)31-21-12-10-19(11-13-21)25-32-28(37)38-33-25/h10-13,17-18,20,22-24H,1-9,14-16,30H2,(H,31,35)(H,32,33,37)/t18?,20?,22-,23+,24-/m0/s1. The van der Waals surface area contributed by atoms with E-state index < -0.39 is 24.5 Å². The highest BCUT2D eigenvalue weighted by molar-refractivity contribution is 5.98. The number of H-pyrrole nitrogens is 1. The molecule has 1 aliphatic heterocycles. The van der Waals surface area contributed by atoms with Crippen molar-refractivity contribution >= 4 is 17.5 Å². The molecule has 3 aliphatic rings. The molecular weight excluding hydrogens is 489 g/mol. The molecular formula is C28H38FN5O4. The summed E-state index contributed by atoms with van der Waals surface area (Å²) < 4.78 is 17.6. The van der Waals surface area contributed by atoms with Crippen LogP contribution in [0.2, 0.25) is 0 Å². The summed E-state index contributed by atoms with van der Waals surface area (Å²) in [6.07, 6.45) is 9.53. The molecule has 38 heavy (non-hydrogen) atoms. The first kappa shape index (κ1) is 26.6. The summed E-state index contributed by atoms with van der Waals surface area (Å²) >= 11 is 0. The molecule has 2 aliphatic carbocycles. The number of alkyl halides is 1. The molecule has 10 heteroatoms. The van der Waals surface area contributed by atoms with Crippen LogP contribution in [-0.2, 0) is 9.59 Å². The maximum absolute atomic E-state index is 13.8. The maximum Gasteiger partial charge on any atom is 0.439 e. The molecule has 5 rings (SSSR count). The SMILES string of the molecule is N[C@H](CF)C1CCC(C(=O)N2CC[C@@H](C3CCCCC3)[C@H]2C(=O)Nc2ccc(-c3noc(=O)[nH]3)cc2)CC1. The van der Waals surface area contributed by atoms with Crippen molar-refractivity contribution in [3.63, 3.8) is 0 Å². The number of carbonyl (C=O) groups excluding carboxylic acids is 2. The van der Waals surface area contributed by atoms with E-state index in [4.69, 9.17) is 5.73 Å². The number of benzene rings is 1. The number of aromatic nitrogens is 2. The lowest BCUT2D eigenvalue weighted by atomic mass is 9.76. The molecule has 206 valence electrons. The molecule has 0 unspecified atom stereocenters. The first-order chi connectivity index (χ1) is 18.4. The van der Waals surface area contributed by atoms with Crippen LogP contribution in [0.4, 0.5) is 10.1 Å². The quantitative estimate of drug-likeness (QED) is 0.500. The van der Waals surface area contributed by atoms with Gasteiger partial charge in [0.2, 0.25) is 11.8 Å². The molecule has 2 heterocycles. The van der Waals surface area contributed by atoms with E-state index >= 15 is 0 Å². The predicted molar refractivity (Wildman–Crippen MR) is 141 cm³/mol. The summed E-state index contributed by atoms with van der Waals surface area (Å²) in [5.41, 5.74) is 7.20. The fourth-order valence-electron chi connectivity index (χ4n) is 6.89. The highest BCUT2D eigenvalue weighted by Crippen LogP contribution is 2.41. The normalized spacial score (nSPS) is 27.3. The van der Waals surface area contributed by atoms with Gasteiger partial charge in [-0.05, 0) is 74.1 Å². The van der Waals surface area contributed by atoms with Gasteiger partial charge in [-0.3, -0.25) is 19.1 Å². The van der Waals surface area contributed by atoms with Gasteiger partial charge in [0.25, 0.3) is 0 Å². The minimum Gasteiger partial charge on any atom is -0.330 e. The zero-order valence-electron chi connectivity index (χ0n) is 21.7. The first-order valence-electron chi connectivity index (χ1n) is 14.0. The Balaban J connectivity index is 1.30. The molecule has 0 bridgehead atoms. The number of amides is 2. The van der Waals surface area contributed by atoms with Crippen molar-refractivity contribution in [3.05, 3.63) is 34.8 Å². The van der Waals surface area contributed by atoms with Crippen LogP contribution in [0.25, 0.3) is 11.4 Å². The molecule has 1 saturated heterocycles. The van der Waals surface area contributed by atoms with Gasteiger partial charge in [0.15, 0.2) is 5.82 Å². The van der Waals surface area contributed by atoms with Crippen LogP contribution < -0.4 is 16.8 Å². The van der Waals surface area contributed by atoms with E-state index in [1.807, 2.05) is 4.90 Å². The van der Waals surface area contributed by atoms with Gasteiger partial charge in [-0.15, -0.1) is 0 Å². The Morgan fingerprint density at radius 3 is 2.42 bits per heavy atom. The minimum atomic E-state index is -0.629. The molecule has 2 amide bonds. The number of hydrogen-bond acceptors (Lipinski definition) is 6. The number of halogens is 1. The lowest BCUT2D eigenvalue weighted by Crippen LogP contribution is -2.50. The summed E-state index contributed by atoms with van der Waals surface area (Å²) in [6, 6.07) is 6.06. The maximum atomic E-state index is 13.8. The molecule has 9 nitrogen and oxygen atoms in total. The molecule has 0 radical (unpaired) electrons. The van der Waals surface area contributed by atoms with Crippen molar-refractivity contribution in [2.45, 2.75) is 76.3 Å². The Hall–Kier alpha value is -3.01. The molecule has 3 atom stereocenters. The number of carbonyl (C=O) groups is 2. The van der Waals surface area contributed by atoms with Gasteiger partial charge in [0.05, 0.1) is 0 Å². The Morgan fingerprint density at radius 1 is 1.08 bits per heavy atom. The van der Waals surface area contributed by atoms with Crippen molar-refractivity contribution in [2.75, 3.05) is 18.5 Å². The van der Waals surface area contributed by atoms with Gasteiger partial charge in [-0.1, -0.05) is 37.3 Å². The van der Waals surface area contributed by atoms with Gasteiger partial charge in [0.1, 0.15) is 12.7 Å². The lowest BCUT2D eigenvalue weighted by molar-refractivity contribution is -0.142. The van der Waals surface area contributed by atoms with E-state index in [0.717, 1.165) is 32.1 Å². The van der Waals surface area contributed by atoms with Crippen molar-refractivity contribution in [2.24, 2.45) is 29.4 Å². The second kappa shape index (κ2) is 11.8. The van der Waals surface area contributed by atoms with E-state index in [1.165, 1.54) is 19.3 Å². The summed E-state index contributed by atoms with van der Waals surface area (Å²) in [5.74, 6) is 0.174. The molecule has 2 aromatic rings. The second-order valence-electron chi connectivity index (χ2n) is 11.3. The number of likely N-dealkylation sites (tertiary alicyclic amines) is 1. The van der Waals surface area contributed by atoms with E-state index in [2.05, 4.69) is 20.0 Å². The molecule has 1 aromatic heterocycles. The van der Waals surface area contributed by atoms with Gasteiger partial charge in [0, 0.05) is 29.8 Å². The number of nitrogens with zero attached hydrogens (tertiary/aromatic N) is 2. The number of nitrogens with two attached hydrogens (primary N) is 1. The van der Waals surface area contributed by atoms with E-state index in [0.29, 0.717) is 42.4 Å². The zero-order valence-corrected chi connectivity index (χ0v) is 21.7. The molecule has 3 fully saturated rings. The monoisotopic (exact) mass is 527 g/mol. The van der Waals surface area contributed by atoms with Crippen LogP contribution in [0, 0.1) is 23.7 Å². The molecule has 1 aromatic carbocycles. The van der Waals surface area contributed by atoms with Crippen LogP contribution in [-0.4, -0.2) is 52.2 Å². The molecule has 4 N–H and O–H groups in total. The zero-order chi connectivity index (χ0) is 26.6. The van der Waals surface area contributed by atoms with Crippen molar-refractivity contribution in [3.8, 4) is 11.4 Å². The third-order valence-electron chi connectivity index (χ3n) is 9.02. The largest absolute Gasteiger partial charge is 0.439 e. The second-order valence-corrected chi connectivity index (χ2v) is 11.3. The smallest absolute Gasteiger partial charge is 0.330 e. The van der Waals surface area contributed by atoms with Gasteiger partial charge < -0.3 is 16.0 Å². The van der Waals surface area contributed by atoms with Crippen molar-refractivity contribution in [1.29, 1.82) is 0 Å². The Morgan fingerprint density at radius 2 is 1.79 bits per heavy atom. The van der Waals surface area contributed by atoms with Gasteiger partial charge >= 0.3 is 5.76 Å². The summed E-state index contributed by atoms with van der Waals surface area (Å²) in [4.78, 5) is 43.1. The number of rotatable bonds is 7. The molecule has 0 spiro atoms. The fourth-order valence-corrected chi connectivity index (χ4v) is 6.89. The third-order valence-corrected chi connectivity index (χ3v) is 9.02. The van der Waals surface area contributed by atoms with Crippen LogP contribution in [0.5, 0.6) is 0 Å². The van der Waals surface area contributed by atoms with Gasteiger partial charge in [-0.25, -0.2) is 9.18 Å². The van der Waals surface area contributed by atoms with Gasteiger partial charge in [-0.2, -0.15) is 0 Å². The van der Waals surface area contributed by atoms with E-state index in [9.17, 15) is 18.8 Å². The van der Waals surface area contributed by atoms with Crippen LogP contribution in [0.1, 0.15) is 64.2 Å². The van der Waals surface area contributed by atoms with Crippen LogP contribution in [0.15, 0.2) is 33.6 Å². The number of hydrogen-bond donors (Lipinski definition) is 3.